The lowest BCUT2D eigenvalue weighted by Crippen LogP contribution is -2.18. The summed E-state index contributed by atoms with van der Waals surface area (Å²) in [6.45, 7) is 0.335. The van der Waals surface area contributed by atoms with E-state index in [-0.39, 0.29) is 4.47 Å². The van der Waals surface area contributed by atoms with E-state index in [9.17, 15) is 13.2 Å². The highest BCUT2D eigenvalue weighted by molar-refractivity contribution is 9.10. The van der Waals surface area contributed by atoms with Gasteiger partial charge in [-0.15, -0.1) is 0 Å². The van der Waals surface area contributed by atoms with Crippen molar-refractivity contribution in [2.45, 2.75) is 12.8 Å². The molecule has 0 aliphatic heterocycles. The molecular weight excluding hydrogens is 321 g/mol. The average Bonchev–Trinajstić information content (AvgIpc) is 2.23. The minimum Gasteiger partial charge on any atom is -0.760 e. The van der Waals surface area contributed by atoms with Crippen LogP contribution in [-0.4, -0.2) is 15.3 Å². The Balaban J connectivity index is 2.55. The van der Waals surface area contributed by atoms with Gasteiger partial charge in [-0.2, -0.15) is 0 Å². The van der Waals surface area contributed by atoms with Crippen LogP contribution in [0.5, 0.6) is 0 Å². The summed E-state index contributed by atoms with van der Waals surface area (Å²) in [6.07, 6.45) is 1.19. The van der Waals surface area contributed by atoms with Crippen LogP contribution in [0.25, 0.3) is 0 Å². The van der Waals surface area contributed by atoms with E-state index in [0.717, 1.165) is 5.56 Å². The van der Waals surface area contributed by atoms with Crippen molar-refractivity contribution in [1.82, 2.24) is 4.72 Å². The van der Waals surface area contributed by atoms with Gasteiger partial charge in [-0.1, -0.05) is 17.7 Å². The predicted molar refractivity (Wildman–Crippen MR) is 64.4 cm³/mol. The SMILES string of the molecule is O=S([O-])NCCCc1ccc(F)c(Br)c1Cl. The summed E-state index contributed by atoms with van der Waals surface area (Å²) in [4.78, 5) is 0. The second-order valence-corrected chi connectivity index (χ2v) is 5.00. The van der Waals surface area contributed by atoms with Crippen LogP contribution < -0.4 is 4.72 Å². The zero-order chi connectivity index (χ0) is 12.1. The first-order valence-electron chi connectivity index (χ1n) is 4.47. The second kappa shape index (κ2) is 6.66. The molecule has 1 aromatic rings. The van der Waals surface area contributed by atoms with Crippen LogP contribution in [0, 0.1) is 5.82 Å². The molecule has 0 aliphatic rings. The first-order chi connectivity index (χ1) is 7.52. The fraction of sp³-hybridized carbons (Fsp3) is 0.333. The van der Waals surface area contributed by atoms with E-state index in [4.69, 9.17) is 11.6 Å². The molecule has 1 atom stereocenters. The van der Waals surface area contributed by atoms with Crippen LogP contribution in [0.3, 0.4) is 0 Å². The Labute approximate surface area is 109 Å². The molecule has 0 spiro atoms. The highest BCUT2D eigenvalue weighted by Gasteiger charge is 2.08. The van der Waals surface area contributed by atoms with Gasteiger partial charge >= 0.3 is 0 Å². The summed E-state index contributed by atoms with van der Waals surface area (Å²) >= 11 is 6.71. The van der Waals surface area contributed by atoms with E-state index in [0.29, 0.717) is 24.4 Å². The van der Waals surface area contributed by atoms with Crippen LogP contribution in [-0.2, 0) is 17.7 Å². The molecule has 1 unspecified atom stereocenters. The lowest BCUT2D eigenvalue weighted by Gasteiger charge is -2.08. The van der Waals surface area contributed by atoms with Crippen molar-refractivity contribution in [2.75, 3.05) is 6.54 Å². The number of hydrogen-bond donors (Lipinski definition) is 1. The molecule has 0 radical (unpaired) electrons. The van der Waals surface area contributed by atoms with E-state index in [1.54, 1.807) is 6.07 Å². The molecule has 7 heteroatoms. The normalized spacial score (nSPS) is 12.8. The summed E-state index contributed by atoms with van der Waals surface area (Å²) in [5, 5.41) is 0.336. The van der Waals surface area contributed by atoms with Crippen LogP contribution >= 0.6 is 27.5 Å². The Morgan fingerprint density at radius 2 is 2.25 bits per heavy atom. The predicted octanol–water partition coefficient (Wildman–Crippen LogP) is 2.56. The fourth-order valence-electron chi connectivity index (χ4n) is 1.19. The van der Waals surface area contributed by atoms with Crippen molar-refractivity contribution in [3.63, 3.8) is 0 Å². The summed E-state index contributed by atoms with van der Waals surface area (Å²) in [6, 6.07) is 2.92. The highest BCUT2D eigenvalue weighted by atomic mass is 79.9. The van der Waals surface area contributed by atoms with Crippen molar-refractivity contribution in [2.24, 2.45) is 0 Å². The maximum Gasteiger partial charge on any atom is 0.138 e. The molecule has 16 heavy (non-hydrogen) atoms. The van der Waals surface area contributed by atoms with Crippen molar-refractivity contribution < 1.29 is 13.2 Å². The minimum absolute atomic E-state index is 0.243. The van der Waals surface area contributed by atoms with Gasteiger partial charge in [0.25, 0.3) is 0 Å². The maximum atomic E-state index is 13.0. The van der Waals surface area contributed by atoms with Crippen LogP contribution in [0.15, 0.2) is 16.6 Å². The molecule has 1 N–H and O–H groups in total. The van der Waals surface area contributed by atoms with Crippen LogP contribution in [0.4, 0.5) is 4.39 Å². The van der Waals surface area contributed by atoms with Gasteiger partial charge in [0, 0.05) is 17.8 Å². The zero-order valence-electron chi connectivity index (χ0n) is 8.13. The third-order valence-corrected chi connectivity index (χ3v) is 3.83. The largest absolute Gasteiger partial charge is 0.760 e. The summed E-state index contributed by atoms with van der Waals surface area (Å²) < 4.78 is 35.9. The first-order valence-corrected chi connectivity index (χ1v) is 6.72. The Morgan fingerprint density at radius 1 is 1.56 bits per heavy atom. The molecular formula is C9H9BrClFNO2S-. The number of aryl methyl sites for hydroxylation is 1. The highest BCUT2D eigenvalue weighted by Crippen LogP contribution is 2.29. The van der Waals surface area contributed by atoms with Crippen LogP contribution in [0.1, 0.15) is 12.0 Å². The van der Waals surface area contributed by atoms with Gasteiger partial charge in [0.15, 0.2) is 0 Å². The Hall–Kier alpha value is -0.0100. The Bertz CT molecular complexity index is 405. The van der Waals surface area contributed by atoms with Gasteiger partial charge in [-0.25, -0.2) is 9.11 Å². The molecule has 1 aromatic carbocycles. The molecule has 0 saturated heterocycles. The van der Waals surface area contributed by atoms with E-state index in [2.05, 4.69) is 20.7 Å². The van der Waals surface area contributed by atoms with E-state index >= 15 is 0 Å². The van der Waals surface area contributed by atoms with E-state index in [1.165, 1.54) is 6.07 Å². The zero-order valence-corrected chi connectivity index (χ0v) is 11.3. The quantitative estimate of drug-likeness (QED) is 0.513. The topological polar surface area (TPSA) is 52.2 Å². The standard InChI is InChI=1S/C9H10BrClFNO2S/c10-8-7(12)4-3-6(9(8)11)2-1-5-13-16(14)15/h3-4,13H,1-2,5H2,(H,14,15)/p-1. The van der Waals surface area contributed by atoms with E-state index in [1.807, 2.05) is 0 Å². The molecule has 0 amide bonds. The number of halogens is 3. The Morgan fingerprint density at radius 3 is 2.88 bits per heavy atom. The van der Waals surface area contributed by atoms with E-state index < -0.39 is 17.1 Å². The third-order valence-electron chi connectivity index (χ3n) is 1.96. The molecule has 1 rings (SSSR count). The second-order valence-electron chi connectivity index (χ2n) is 3.07. The van der Waals surface area contributed by atoms with Crippen molar-refractivity contribution in [3.8, 4) is 0 Å². The molecule has 0 fully saturated rings. The maximum absolute atomic E-state index is 13.0. The van der Waals surface area contributed by atoms with Crippen molar-refractivity contribution >= 4 is 38.8 Å². The molecule has 0 bridgehead atoms. The van der Waals surface area contributed by atoms with Crippen LogP contribution in [0.2, 0.25) is 5.02 Å². The summed E-state index contributed by atoms with van der Waals surface area (Å²) in [7, 11) is 0. The van der Waals surface area contributed by atoms with Gasteiger partial charge in [0.2, 0.25) is 0 Å². The molecule has 0 aromatic heterocycles. The summed E-state index contributed by atoms with van der Waals surface area (Å²) in [5.74, 6) is -0.410. The molecule has 0 heterocycles. The fourth-order valence-corrected chi connectivity index (χ4v) is 2.14. The number of benzene rings is 1. The molecule has 0 saturated carbocycles. The smallest absolute Gasteiger partial charge is 0.138 e. The minimum atomic E-state index is -2.24. The summed E-state index contributed by atoms with van der Waals surface area (Å²) in [5.41, 5.74) is 0.786. The van der Waals surface area contributed by atoms with Gasteiger partial charge in [0.05, 0.1) is 9.50 Å². The molecule has 0 aliphatic carbocycles. The van der Waals surface area contributed by atoms with Gasteiger partial charge < -0.3 is 4.55 Å². The van der Waals surface area contributed by atoms with Gasteiger partial charge in [0.1, 0.15) is 5.82 Å². The van der Waals surface area contributed by atoms with Crippen molar-refractivity contribution in [3.05, 3.63) is 33.0 Å². The molecule has 90 valence electrons. The van der Waals surface area contributed by atoms with Gasteiger partial charge in [-0.05, 0) is 40.4 Å². The lowest BCUT2D eigenvalue weighted by molar-refractivity contribution is 0.521. The molecule has 3 nitrogen and oxygen atoms in total. The first kappa shape index (κ1) is 14.1. The number of nitrogens with one attached hydrogen (secondary N) is 1. The van der Waals surface area contributed by atoms with Gasteiger partial charge in [-0.3, -0.25) is 4.21 Å². The average molecular weight is 330 g/mol. The monoisotopic (exact) mass is 328 g/mol. The third kappa shape index (κ3) is 4.10. The lowest BCUT2D eigenvalue weighted by atomic mass is 10.1. The number of rotatable bonds is 5. The number of hydrogen-bond acceptors (Lipinski definition) is 2. The van der Waals surface area contributed by atoms with Crippen molar-refractivity contribution in [1.29, 1.82) is 0 Å². The Kier molecular flexibility index (Phi) is 5.85.